The number of nitro groups is 1. The van der Waals surface area contributed by atoms with Crippen molar-refractivity contribution in [1.29, 1.82) is 0 Å². The number of benzene rings is 2. The normalized spacial score (nSPS) is 20.0. The Morgan fingerprint density at radius 1 is 1.19 bits per heavy atom. The molecule has 0 radical (unpaired) electrons. The number of halogens is 1. The lowest BCUT2D eigenvalue weighted by atomic mass is 9.94. The van der Waals surface area contributed by atoms with Crippen molar-refractivity contribution >= 4 is 62.9 Å². The largest absolute Gasteiger partial charge is 0.501 e. The molecule has 160 valence electrons. The topological polar surface area (TPSA) is 96.0 Å². The van der Waals surface area contributed by atoms with Gasteiger partial charge in [0.2, 0.25) is 5.75 Å². The van der Waals surface area contributed by atoms with E-state index in [9.17, 15) is 20.0 Å². The molecule has 1 saturated heterocycles. The molecule has 4 rings (SSSR count). The van der Waals surface area contributed by atoms with Gasteiger partial charge in [-0.2, -0.15) is 0 Å². The van der Waals surface area contributed by atoms with Crippen LogP contribution in [0, 0.1) is 13.7 Å². The number of hydrogen-bond acceptors (Lipinski definition) is 6. The summed E-state index contributed by atoms with van der Waals surface area (Å²) in [6, 6.07) is 12.5. The fourth-order valence-corrected chi connectivity index (χ4v) is 5.51. The van der Waals surface area contributed by atoms with Crippen molar-refractivity contribution in [2.24, 2.45) is 4.99 Å². The Hall–Kier alpha value is -2.40. The van der Waals surface area contributed by atoms with Crippen molar-refractivity contribution in [3.05, 3.63) is 66.6 Å². The standard InChI is InChI=1S/C22H20IN3O4S/c23-17-11-14(12-18(20(17)27)26(29)30)13-19-21(28)25(16-9-5-2-6-10-16)22(31-19)24-15-7-3-1-4-8-15/h1,3-4,7-8,11-13,16,27H,2,5-6,9-10H2/b19-13+,24-22?. The number of para-hydroxylation sites is 1. The molecule has 2 aromatic carbocycles. The third-order valence-electron chi connectivity index (χ3n) is 5.32. The highest BCUT2D eigenvalue weighted by molar-refractivity contribution is 14.1. The van der Waals surface area contributed by atoms with Crippen LogP contribution in [0.4, 0.5) is 11.4 Å². The lowest BCUT2D eigenvalue weighted by molar-refractivity contribution is -0.386. The van der Waals surface area contributed by atoms with Crippen molar-refractivity contribution < 1.29 is 14.8 Å². The fraction of sp³-hybridized carbons (Fsp3) is 0.273. The van der Waals surface area contributed by atoms with Gasteiger partial charge in [0.25, 0.3) is 5.91 Å². The lowest BCUT2D eigenvalue weighted by Crippen LogP contribution is -2.40. The Balaban J connectivity index is 1.73. The van der Waals surface area contributed by atoms with Gasteiger partial charge in [-0.15, -0.1) is 0 Å². The van der Waals surface area contributed by atoms with Crippen molar-refractivity contribution in [3.8, 4) is 5.75 Å². The molecule has 1 N–H and O–H groups in total. The van der Waals surface area contributed by atoms with Crippen LogP contribution in [0.15, 0.2) is 52.4 Å². The van der Waals surface area contributed by atoms with E-state index in [2.05, 4.69) is 0 Å². The van der Waals surface area contributed by atoms with E-state index in [1.807, 2.05) is 52.9 Å². The van der Waals surface area contributed by atoms with Crippen LogP contribution in [0.2, 0.25) is 0 Å². The monoisotopic (exact) mass is 549 g/mol. The molecule has 1 amide bonds. The lowest BCUT2D eigenvalue weighted by Gasteiger charge is -2.30. The number of amides is 1. The maximum Gasteiger partial charge on any atom is 0.312 e. The number of hydrogen-bond donors (Lipinski definition) is 1. The molecule has 31 heavy (non-hydrogen) atoms. The van der Waals surface area contributed by atoms with Gasteiger partial charge in [0.15, 0.2) is 5.17 Å². The molecular formula is C22H20IN3O4S. The van der Waals surface area contributed by atoms with Crippen molar-refractivity contribution in [3.63, 3.8) is 0 Å². The first kappa shape index (κ1) is 21.8. The van der Waals surface area contributed by atoms with Crippen LogP contribution in [0.1, 0.15) is 37.7 Å². The predicted molar refractivity (Wildman–Crippen MR) is 130 cm³/mol. The average molecular weight is 549 g/mol. The smallest absolute Gasteiger partial charge is 0.312 e. The maximum absolute atomic E-state index is 13.4. The zero-order chi connectivity index (χ0) is 22.0. The second-order valence-electron chi connectivity index (χ2n) is 7.44. The van der Waals surface area contributed by atoms with E-state index in [0.717, 1.165) is 31.4 Å². The first-order valence-electron chi connectivity index (χ1n) is 9.98. The van der Waals surface area contributed by atoms with E-state index in [0.29, 0.717) is 19.2 Å². The second kappa shape index (κ2) is 9.39. The maximum atomic E-state index is 13.4. The minimum absolute atomic E-state index is 0.108. The number of carbonyl (C=O) groups is 1. The van der Waals surface area contributed by atoms with Gasteiger partial charge >= 0.3 is 5.69 Å². The summed E-state index contributed by atoms with van der Waals surface area (Å²) in [6.45, 7) is 0. The summed E-state index contributed by atoms with van der Waals surface area (Å²) >= 11 is 3.14. The van der Waals surface area contributed by atoms with Crippen LogP contribution >= 0.6 is 34.4 Å². The molecule has 7 nitrogen and oxygen atoms in total. The number of nitro benzene ring substituents is 1. The van der Waals surface area contributed by atoms with Crippen LogP contribution < -0.4 is 0 Å². The second-order valence-corrected chi connectivity index (χ2v) is 9.61. The molecule has 2 aliphatic rings. The molecule has 9 heteroatoms. The molecule has 2 aromatic rings. The Morgan fingerprint density at radius 2 is 1.90 bits per heavy atom. The number of amidine groups is 1. The van der Waals surface area contributed by atoms with Crippen LogP contribution in [0.25, 0.3) is 6.08 Å². The van der Waals surface area contributed by atoms with Crippen LogP contribution in [-0.2, 0) is 4.79 Å². The average Bonchev–Trinajstić information content (AvgIpc) is 3.06. The molecule has 1 heterocycles. The summed E-state index contributed by atoms with van der Waals surface area (Å²) in [7, 11) is 0. The van der Waals surface area contributed by atoms with Crippen molar-refractivity contribution in [2.75, 3.05) is 0 Å². The van der Waals surface area contributed by atoms with Gasteiger partial charge in [0.05, 0.1) is 19.1 Å². The summed E-state index contributed by atoms with van der Waals surface area (Å²) in [5.74, 6) is -0.495. The van der Waals surface area contributed by atoms with Gasteiger partial charge in [-0.05, 0) is 77.0 Å². The molecule has 0 spiro atoms. The van der Waals surface area contributed by atoms with E-state index >= 15 is 0 Å². The minimum Gasteiger partial charge on any atom is -0.501 e. The quantitative estimate of drug-likeness (QED) is 0.224. The van der Waals surface area contributed by atoms with E-state index in [-0.39, 0.29) is 23.4 Å². The first-order chi connectivity index (χ1) is 14.9. The molecule has 0 atom stereocenters. The number of aliphatic imine (C=N–C) groups is 1. The molecule has 1 aliphatic heterocycles. The van der Waals surface area contributed by atoms with Crippen LogP contribution in [0.5, 0.6) is 5.75 Å². The highest BCUT2D eigenvalue weighted by Crippen LogP contribution is 2.40. The van der Waals surface area contributed by atoms with E-state index in [4.69, 9.17) is 4.99 Å². The summed E-state index contributed by atoms with van der Waals surface area (Å²) in [4.78, 5) is 31.0. The SMILES string of the molecule is O=C1/C(=C\c2cc(I)c(O)c([N+](=O)[O-])c2)SC(=Nc2ccccc2)N1C1CCCCC1. The number of phenols is 1. The summed E-state index contributed by atoms with van der Waals surface area (Å²) in [5, 5.41) is 21.9. The number of nitrogens with zero attached hydrogens (tertiary/aromatic N) is 3. The molecule has 0 aromatic heterocycles. The number of aromatic hydroxyl groups is 1. The number of carbonyl (C=O) groups excluding carboxylic acids is 1. The van der Waals surface area contributed by atoms with Gasteiger partial charge < -0.3 is 5.11 Å². The first-order valence-corrected chi connectivity index (χ1v) is 11.9. The van der Waals surface area contributed by atoms with Crippen molar-refractivity contribution in [1.82, 2.24) is 4.90 Å². The van der Waals surface area contributed by atoms with Gasteiger partial charge in [0, 0.05) is 12.1 Å². The van der Waals surface area contributed by atoms with E-state index < -0.39 is 4.92 Å². The molecule has 0 bridgehead atoms. The third kappa shape index (κ3) is 4.77. The summed E-state index contributed by atoms with van der Waals surface area (Å²) in [6.07, 6.45) is 6.87. The van der Waals surface area contributed by atoms with E-state index in [1.165, 1.54) is 24.2 Å². The highest BCUT2D eigenvalue weighted by atomic mass is 127. The van der Waals surface area contributed by atoms with Crippen LogP contribution in [0.3, 0.4) is 0 Å². The zero-order valence-corrected chi connectivity index (χ0v) is 19.5. The summed E-state index contributed by atoms with van der Waals surface area (Å²) in [5.41, 5.74) is 0.889. The van der Waals surface area contributed by atoms with Gasteiger partial charge in [0.1, 0.15) is 0 Å². The molecule has 0 unspecified atom stereocenters. The minimum atomic E-state index is -0.625. The molecule has 1 saturated carbocycles. The Labute approximate surface area is 197 Å². The van der Waals surface area contributed by atoms with Crippen LogP contribution in [-0.4, -0.2) is 32.0 Å². The highest BCUT2D eigenvalue weighted by Gasteiger charge is 2.38. The van der Waals surface area contributed by atoms with Gasteiger partial charge in [-0.1, -0.05) is 37.5 Å². The Kier molecular flexibility index (Phi) is 6.61. The molecule has 1 aliphatic carbocycles. The number of phenolic OH excluding ortho intramolecular Hbond substituents is 1. The number of thioether (sulfide) groups is 1. The van der Waals surface area contributed by atoms with Crippen molar-refractivity contribution in [2.45, 2.75) is 38.1 Å². The summed E-state index contributed by atoms with van der Waals surface area (Å²) < 4.78 is 0.358. The number of rotatable bonds is 4. The zero-order valence-electron chi connectivity index (χ0n) is 16.5. The fourth-order valence-electron chi connectivity index (χ4n) is 3.82. The molecular weight excluding hydrogens is 529 g/mol. The molecule has 2 fully saturated rings. The predicted octanol–water partition coefficient (Wildman–Crippen LogP) is 5.84. The Bertz CT molecular complexity index is 1080. The van der Waals surface area contributed by atoms with E-state index in [1.54, 1.807) is 17.0 Å². The third-order valence-corrected chi connectivity index (χ3v) is 7.12. The van der Waals surface area contributed by atoms with Gasteiger partial charge in [-0.3, -0.25) is 19.8 Å². The Morgan fingerprint density at radius 3 is 2.58 bits per heavy atom. The van der Waals surface area contributed by atoms with Gasteiger partial charge in [-0.25, -0.2) is 4.99 Å².